The van der Waals surface area contributed by atoms with Gasteiger partial charge in [0.25, 0.3) is 0 Å². The SMILES string of the molecule is CCN(CC)CCOc1c(C)cc(C(=O)C=Cc2ccccc2C)cc1C.O=C(O)C=CC(=O)O. The van der Waals surface area contributed by atoms with Crippen molar-refractivity contribution in [2.24, 2.45) is 0 Å². The third-order valence-electron chi connectivity index (χ3n) is 5.26. The third-order valence-corrected chi connectivity index (χ3v) is 5.26. The average Bonchev–Trinajstić information content (AvgIpc) is 2.81. The van der Waals surface area contributed by atoms with Crippen molar-refractivity contribution in [1.29, 1.82) is 0 Å². The van der Waals surface area contributed by atoms with Gasteiger partial charge in [-0.1, -0.05) is 44.2 Å². The van der Waals surface area contributed by atoms with E-state index in [0.29, 0.717) is 24.3 Å². The lowest BCUT2D eigenvalue weighted by atomic mass is 10.0. The van der Waals surface area contributed by atoms with Crippen molar-refractivity contribution in [1.82, 2.24) is 4.90 Å². The van der Waals surface area contributed by atoms with Crippen LogP contribution >= 0.6 is 0 Å². The van der Waals surface area contributed by atoms with Crippen LogP contribution in [-0.2, 0) is 9.59 Å². The fourth-order valence-electron chi connectivity index (χ4n) is 3.31. The lowest BCUT2D eigenvalue weighted by Crippen LogP contribution is -2.28. The molecule has 7 nitrogen and oxygen atoms in total. The van der Waals surface area contributed by atoms with Crippen molar-refractivity contribution in [3.63, 3.8) is 0 Å². The van der Waals surface area contributed by atoms with E-state index in [1.807, 2.05) is 63.2 Å². The molecule has 0 saturated heterocycles. The van der Waals surface area contributed by atoms with Gasteiger partial charge in [-0.15, -0.1) is 0 Å². The summed E-state index contributed by atoms with van der Waals surface area (Å²) in [4.78, 5) is 34.0. The second-order valence-electron chi connectivity index (χ2n) is 7.88. The smallest absolute Gasteiger partial charge is 0.328 e. The van der Waals surface area contributed by atoms with Crippen LogP contribution in [-0.4, -0.2) is 59.1 Å². The molecule has 2 aromatic rings. The number of aryl methyl sites for hydroxylation is 3. The minimum absolute atomic E-state index is 0.0131. The summed E-state index contributed by atoms with van der Waals surface area (Å²) in [5, 5.41) is 15.6. The number of carbonyl (C=O) groups is 3. The van der Waals surface area contributed by atoms with Crippen molar-refractivity contribution in [3.05, 3.63) is 82.4 Å². The zero-order valence-corrected chi connectivity index (χ0v) is 21.1. The number of benzene rings is 2. The fraction of sp³-hybridized carbons (Fsp3) is 0.321. The van der Waals surface area contributed by atoms with Gasteiger partial charge in [0.05, 0.1) is 0 Å². The van der Waals surface area contributed by atoms with Gasteiger partial charge in [0, 0.05) is 24.3 Å². The molecule has 0 amide bonds. The van der Waals surface area contributed by atoms with Crippen LogP contribution in [0.1, 0.15) is 46.5 Å². The molecular weight excluding hydrogens is 446 g/mol. The molecule has 2 aromatic carbocycles. The van der Waals surface area contributed by atoms with E-state index in [1.165, 1.54) is 0 Å². The summed E-state index contributed by atoms with van der Waals surface area (Å²) in [7, 11) is 0. The first-order valence-corrected chi connectivity index (χ1v) is 11.5. The number of carbonyl (C=O) groups excluding carboxylic acids is 1. The number of carboxylic acid groups (broad SMARTS) is 2. The zero-order valence-electron chi connectivity index (χ0n) is 21.1. The van der Waals surface area contributed by atoms with Crippen molar-refractivity contribution >= 4 is 23.8 Å². The van der Waals surface area contributed by atoms with Gasteiger partial charge in [-0.3, -0.25) is 4.79 Å². The maximum atomic E-state index is 12.6. The quantitative estimate of drug-likeness (QED) is 0.346. The number of ketones is 1. The summed E-state index contributed by atoms with van der Waals surface area (Å²) in [6.07, 6.45) is 4.65. The number of aliphatic carboxylic acids is 2. The van der Waals surface area contributed by atoms with Gasteiger partial charge in [0.15, 0.2) is 5.78 Å². The first-order chi connectivity index (χ1) is 16.6. The fourth-order valence-corrected chi connectivity index (χ4v) is 3.31. The molecule has 7 heteroatoms. The summed E-state index contributed by atoms with van der Waals surface area (Å²) < 4.78 is 6.01. The average molecular weight is 482 g/mol. The highest BCUT2D eigenvalue weighted by molar-refractivity contribution is 6.07. The Kier molecular flexibility index (Phi) is 12.8. The number of hydrogen-bond donors (Lipinski definition) is 2. The number of likely N-dealkylation sites (N-methyl/N-ethyl adjacent to an activating group) is 1. The van der Waals surface area contributed by atoms with Gasteiger partial charge in [-0.05, 0) is 74.3 Å². The molecule has 188 valence electrons. The summed E-state index contributed by atoms with van der Waals surface area (Å²) in [5.74, 6) is -1.61. The Hall–Kier alpha value is -3.71. The first-order valence-electron chi connectivity index (χ1n) is 11.5. The van der Waals surface area contributed by atoms with Crippen LogP contribution in [0.2, 0.25) is 0 Å². The molecule has 2 rings (SSSR count). The molecular formula is C28H35NO6. The maximum absolute atomic E-state index is 12.6. The predicted molar refractivity (Wildman–Crippen MR) is 138 cm³/mol. The maximum Gasteiger partial charge on any atom is 0.328 e. The van der Waals surface area contributed by atoms with Gasteiger partial charge in [0.1, 0.15) is 12.4 Å². The van der Waals surface area contributed by atoms with Gasteiger partial charge >= 0.3 is 11.9 Å². The topological polar surface area (TPSA) is 104 Å². The van der Waals surface area contributed by atoms with E-state index in [1.54, 1.807) is 6.08 Å². The molecule has 0 aromatic heterocycles. The lowest BCUT2D eigenvalue weighted by molar-refractivity contribution is -0.134. The standard InChI is InChI=1S/C24H31NO2.C4H4O4/c1-6-25(7-2)14-15-27-24-19(4)16-22(17-20(24)5)23(26)13-12-21-11-9-8-10-18(21)3;5-3(6)1-2-4(7)8/h8-13,16-17H,6-7,14-15H2,1-5H3;1-2H,(H,5,6)(H,7,8). The Morgan fingerprint density at radius 3 is 1.89 bits per heavy atom. The van der Waals surface area contributed by atoms with Crippen molar-refractivity contribution in [3.8, 4) is 5.75 Å². The van der Waals surface area contributed by atoms with E-state index >= 15 is 0 Å². The summed E-state index contributed by atoms with van der Waals surface area (Å²) >= 11 is 0. The number of rotatable bonds is 11. The van der Waals surface area contributed by atoms with Crippen molar-refractivity contribution in [2.75, 3.05) is 26.2 Å². The number of carboxylic acids is 2. The van der Waals surface area contributed by atoms with Gasteiger partial charge in [0.2, 0.25) is 0 Å². The molecule has 0 heterocycles. The second kappa shape index (κ2) is 15.2. The van der Waals surface area contributed by atoms with Crippen LogP contribution in [0.5, 0.6) is 5.75 Å². The molecule has 0 aliphatic heterocycles. The lowest BCUT2D eigenvalue weighted by Gasteiger charge is -2.19. The van der Waals surface area contributed by atoms with Crippen LogP contribution in [0.3, 0.4) is 0 Å². The van der Waals surface area contributed by atoms with Gasteiger partial charge < -0.3 is 19.8 Å². The molecule has 0 spiro atoms. The van der Waals surface area contributed by atoms with Crippen LogP contribution in [0.4, 0.5) is 0 Å². The highest BCUT2D eigenvalue weighted by atomic mass is 16.5. The van der Waals surface area contributed by atoms with E-state index < -0.39 is 11.9 Å². The Morgan fingerprint density at radius 2 is 1.40 bits per heavy atom. The molecule has 2 N–H and O–H groups in total. The Bertz CT molecular complexity index is 1030. The molecule has 0 aliphatic rings. The largest absolute Gasteiger partial charge is 0.492 e. The zero-order chi connectivity index (χ0) is 26.4. The summed E-state index contributed by atoms with van der Waals surface area (Å²) in [6, 6.07) is 11.9. The normalized spacial score (nSPS) is 10.9. The third kappa shape index (κ3) is 10.8. The minimum Gasteiger partial charge on any atom is -0.492 e. The Labute approximate surface area is 207 Å². The molecule has 0 saturated carbocycles. The number of allylic oxidation sites excluding steroid dienone is 1. The molecule has 0 bridgehead atoms. The van der Waals surface area contributed by atoms with Crippen molar-refractivity contribution < 1.29 is 29.3 Å². The molecule has 0 atom stereocenters. The van der Waals surface area contributed by atoms with Crippen LogP contribution in [0.25, 0.3) is 6.08 Å². The van der Waals surface area contributed by atoms with E-state index in [2.05, 4.69) is 18.7 Å². The monoisotopic (exact) mass is 481 g/mol. The van der Waals surface area contributed by atoms with Gasteiger partial charge in [-0.25, -0.2) is 9.59 Å². The van der Waals surface area contributed by atoms with Crippen LogP contribution < -0.4 is 4.74 Å². The first kappa shape index (κ1) is 29.3. The van der Waals surface area contributed by atoms with Gasteiger partial charge in [-0.2, -0.15) is 0 Å². The van der Waals surface area contributed by atoms with Crippen molar-refractivity contribution in [2.45, 2.75) is 34.6 Å². The molecule has 0 unspecified atom stereocenters. The van der Waals surface area contributed by atoms with Crippen LogP contribution in [0.15, 0.2) is 54.6 Å². The molecule has 0 radical (unpaired) electrons. The van der Waals surface area contributed by atoms with E-state index in [0.717, 1.165) is 47.6 Å². The predicted octanol–water partition coefficient (Wildman–Crippen LogP) is 4.94. The summed E-state index contributed by atoms with van der Waals surface area (Å²) in [5.41, 5.74) is 4.93. The molecule has 35 heavy (non-hydrogen) atoms. The van der Waals surface area contributed by atoms with E-state index in [9.17, 15) is 14.4 Å². The highest BCUT2D eigenvalue weighted by Crippen LogP contribution is 2.25. The number of hydrogen-bond acceptors (Lipinski definition) is 5. The number of ether oxygens (including phenoxy) is 1. The second-order valence-corrected chi connectivity index (χ2v) is 7.88. The molecule has 0 fully saturated rings. The Balaban J connectivity index is 0.000000658. The summed E-state index contributed by atoms with van der Waals surface area (Å²) in [6.45, 7) is 14.0. The van der Waals surface area contributed by atoms with E-state index in [4.69, 9.17) is 14.9 Å². The van der Waals surface area contributed by atoms with Crippen LogP contribution in [0, 0.1) is 20.8 Å². The number of nitrogens with zero attached hydrogens (tertiary/aromatic N) is 1. The van der Waals surface area contributed by atoms with E-state index in [-0.39, 0.29) is 5.78 Å². The highest BCUT2D eigenvalue weighted by Gasteiger charge is 2.11. The molecule has 0 aliphatic carbocycles. The minimum atomic E-state index is -1.26. The Morgan fingerprint density at radius 1 is 0.857 bits per heavy atom.